The standard InChI is InChI=1S/C14H25NO6/c1-8(12(15)13(18)21-14(4,5)6)11(20-10(3)17)7-19-9(2)16/h8,11-12H,7,15H2,1-6H3/t8-,11?,12?/m0/s1. The molecule has 2 N–H and O–H groups in total. The van der Waals surface area contributed by atoms with Crippen molar-refractivity contribution in [2.75, 3.05) is 6.61 Å². The maximum Gasteiger partial charge on any atom is 0.323 e. The molecule has 0 bridgehead atoms. The highest BCUT2D eigenvalue weighted by Gasteiger charge is 2.33. The number of carbonyl (C=O) groups excluding carboxylic acids is 3. The van der Waals surface area contributed by atoms with Gasteiger partial charge in [0.1, 0.15) is 24.4 Å². The number of nitrogens with two attached hydrogens (primary N) is 1. The molecule has 0 aromatic rings. The Morgan fingerprint density at radius 3 is 2.00 bits per heavy atom. The SMILES string of the molecule is CC(=O)OCC(OC(C)=O)[C@H](C)C(N)C(=O)OC(C)(C)C. The lowest BCUT2D eigenvalue weighted by atomic mass is 9.96. The Morgan fingerprint density at radius 2 is 1.62 bits per heavy atom. The van der Waals surface area contributed by atoms with Crippen LogP contribution in [0.4, 0.5) is 0 Å². The van der Waals surface area contributed by atoms with Gasteiger partial charge in [0.25, 0.3) is 0 Å². The third-order valence-corrected chi connectivity index (χ3v) is 2.60. The molecule has 0 aromatic heterocycles. The Morgan fingerprint density at radius 1 is 1.10 bits per heavy atom. The van der Waals surface area contributed by atoms with E-state index in [4.69, 9.17) is 19.9 Å². The van der Waals surface area contributed by atoms with Crippen LogP contribution in [0.15, 0.2) is 0 Å². The minimum absolute atomic E-state index is 0.160. The number of hydrogen-bond donors (Lipinski definition) is 1. The zero-order valence-corrected chi connectivity index (χ0v) is 13.5. The molecule has 0 heterocycles. The average molecular weight is 303 g/mol. The third kappa shape index (κ3) is 8.29. The van der Waals surface area contributed by atoms with E-state index in [1.54, 1.807) is 27.7 Å². The van der Waals surface area contributed by atoms with Gasteiger partial charge in [-0.1, -0.05) is 6.92 Å². The molecule has 0 aliphatic carbocycles. The maximum atomic E-state index is 11.9. The average Bonchev–Trinajstić information content (AvgIpc) is 2.29. The van der Waals surface area contributed by atoms with E-state index in [1.165, 1.54) is 13.8 Å². The van der Waals surface area contributed by atoms with Crippen LogP contribution in [-0.2, 0) is 28.6 Å². The van der Waals surface area contributed by atoms with Gasteiger partial charge in [0.15, 0.2) is 0 Å². The van der Waals surface area contributed by atoms with Crippen LogP contribution in [0.25, 0.3) is 0 Å². The third-order valence-electron chi connectivity index (χ3n) is 2.60. The molecule has 0 aliphatic rings. The lowest BCUT2D eigenvalue weighted by Gasteiger charge is -2.29. The van der Waals surface area contributed by atoms with Crippen LogP contribution in [0.3, 0.4) is 0 Å². The fraction of sp³-hybridized carbons (Fsp3) is 0.786. The summed E-state index contributed by atoms with van der Waals surface area (Å²) in [6.07, 6.45) is -0.811. The number of ether oxygens (including phenoxy) is 3. The largest absolute Gasteiger partial charge is 0.462 e. The van der Waals surface area contributed by atoms with Gasteiger partial charge in [-0.05, 0) is 20.8 Å². The second-order valence-electron chi connectivity index (χ2n) is 5.87. The fourth-order valence-corrected chi connectivity index (χ4v) is 1.52. The number of rotatable bonds is 6. The topological polar surface area (TPSA) is 105 Å². The van der Waals surface area contributed by atoms with Crippen molar-refractivity contribution >= 4 is 17.9 Å². The van der Waals surface area contributed by atoms with Gasteiger partial charge in [-0.3, -0.25) is 14.4 Å². The molecule has 0 rings (SSSR count). The van der Waals surface area contributed by atoms with E-state index in [1.807, 2.05) is 0 Å². The molecular weight excluding hydrogens is 278 g/mol. The predicted octanol–water partition coefficient (Wildman–Crippen LogP) is 0.786. The quantitative estimate of drug-likeness (QED) is 0.571. The summed E-state index contributed by atoms with van der Waals surface area (Å²) < 4.78 is 15.1. The van der Waals surface area contributed by atoms with Gasteiger partial charge in [0.2, 0.25) is 0 Å². The molecule has 0 spiro atoms. The molecule has 0 fully saturated rings. The zero-order valence-electron chi connectivity index (χ0n) is 13.5. The van der Waals surface area contributed by atoms with E-state index in [9.17, 15) is 14.4 Å². The number of hydrogen-bond acceptors (Lipinski definition) is 7. The lowest BCUT2D eigenvalue weighted by molar-refractivity contribution is -0.166. The minimum atomic E-state index is -0.996. The summed E-state index contributed by atoms with van der Waals surface area (Å²) in [6, 6.07) is -0.996. The Kier molecular flexibility index (Phi) is 7.35. The van der Waals surface area contributed by atoms with Crippen molar-refractivity contribution in [2.45, 2.75) is 59.3 Å². The Balaban J connectivity index is 4.83. The van der Waals surface area contributed by atoms with Crippen molar-refractivity contribution in [1.82, 2.24) is 0 Å². The van der Waals surface area contributed by atoms with Crippen molar-refractivity contribution < 1.29 is 28.6 Å². The van der Waals surface area contributed by atoms with Crippen LogP contribution in [0, 0.1) is 5.92 Å². The molecule has 0 radical (unpaired) electrons. The highest BCUT2D eigenvalue weighted by Crippen LogP contribution is 2.16. The van der Waals surface area contributed by atoms with E-state index in [0.717, 1.165) is 0 Å². The molecular formula is C14H25NO6. The first-order chi connectivity index (χ1) is 9.44. The van der Waals surface area contributed by atoms with Crippen molar-refractivity contribution in [3.8, 4) is 0 Å². The zero-order chi connectivity index (χ0) is 16.8. The summed E-state index contributed by atoms with van der Waals surface area (Å²) in [5.74, 6) is -2.22. The van der Waals surface area contributed by atoms with E-state index in [0.29, 0.717) is 0 Å². The normalized spacial score (nSPS) is 15.6. The van der Waals surface area contributed by atoms with Crippen LogP contribution < -0.4 is 5.73 Å². The molecule has 7 heteroatoms. The monoisotopic (exact) mass is 303 g/mol. The van der Waals surface area contributed by atoms with Gasteiger partial charge in [-0.2, -0.15) is 0 Å². The first kappa shape index (κ1) is 19.4. The van der Waals surface area contributed by atoms with Crippen molar-refractivity contribution in [1.29, 1.82) is 0 Å². The first-order valence-electron chi connectivity index (χ1n) is 6.73. The highest BCUT2D eigenvalue weighted by molar-refractivity contribution is 5.76. The van der Waals surface area contributed by atoms with Crippen LogP contribution in [0.2, 0.25) is 0 Å². The molecule has 21 heavy (non-hydrogen) atoms. The van der Waals surface area contributed by atoms with E-state index < -0.39 is 41.6 Å². The molecule has 3 atom stereocenters. The van der Waals surface area contributed by atoms with Gasteiger partial charge < -0.3 is 19.9 Å². The first-order valence-corrected chi connectivity index (χ1v) is 6.73. The Bertz CT molecular complexity index is 387. The highest BCUT2D eigenvalue weighted by atomic mass is 16.6. The van der Waals surface area contributed by atoms with E-state index in [-0.39, 0.29) is 6.61 Å². The summed E-state index contributed by atoms with van der Waals surface area (Å²) >= 11 is 0. The molecule has 2 unspecified atom stereocenters. The molecule has 0 amide bonds. The minimum Gasteiger partial charge on any atom is -0.462 e. The lowest BCUT2D eigenvalue weighted by Crippen LogP contribution is -2.47. The summed E-state index contributed by atoms with van der Waals surface area (Å²) in [6.45, 7) is 9.12. The van der Waals surface area contributed by atoms with Crippen molar-refractivity contribution in [2.24, 2.45) is 11.7 Å². The Hall–Kier alpha value is -1.63. The smallest absolute Gasteiger partial charge is 0.323 e. The van der Waals surface area contributed by atoms with Gasteiger partial charge in [-0.25, -0.2) is 0 Å². The van der Waals surface area contributed by atoms with Gasteiger partial charge in [0.05, 0.1) is 0 Å². The van der Waals surface area contributed by atoms with Crippen molar-refractivity contribution in [3.63, 3.8) is 0 Å². The van der Waals surface area contributed by atoms with E-state index >= 15 is 0 Å². The molecule has 7 nitrogen and oxygen atoms in total. The Labute approximate surface area is 125 Å². The maximum absolute atomic E-state index is 11.9. The molecule has 0 aliphatic heterocycles. The molecule has 0 saturated heterocycles. The van der Waals surface area contributed by atoms with Gasteiger partial charge in [0, 0.05) is 19.8 Å². The number of carbonyl (C=O) groups is 3. The van der Waals surface area contributed by atoms with Crippen LogP contribution >= 0.6 is 0 Å². The van der Waals surface area contributed by atoms with Gasteiger partial charge in [-0.15, -0.1) is 0 Å². The number of esters is 3. The molecule has 0 aromatic carbocycles. The van der Waals surface area contributed by atoms with Crippen molar-refractivity contribution in [3.05, 3.63) is 0 Å². The van der Waals surface area contributed by atoms with Crippen LogP contribution in [0.5, 0.6) is 0 Å². The van der Waals surface area contributed by atoms with Crippen LogP contribution in [-0.4, -0.2) is 42.3 Å². The summed E-state index contributed by atoms with van der Waals surface area (Å²) in [4.78, 5) is 33.9. The fourth-order valence-electron chi connectivity index (χ4n) is 1.52. The van der Waals surface area contributed by atoms with Crippen LogP contribution in [0.1, 0.15) is 41.5 Å². The predicted molar refractivity (Wildman–Crippen MR) is 75.2 cm³/mol. The molecule has 0 saturated carbocycles. The second kappa shape index (κ2) is 7.97. The summed E-state index contributed by atoms with van der Waals surface area (Å²) in [5, 5.41) is 0. The van der Waals surface area contributed by atoms with E-state index in [2.05, 4.69) is 0 Å². The van der Waals surface area contributed by atoms with Gasteiger partial charge >= 0.3 is 17.9 Å². The second-order valence-corrected chi connectivity index (χ2v) is 5.87. The summed E-state index contributed by atoms with van der Waals surface area (Å²) in [7, 11) is 0. The summed E-state index contributed by atoms with van der Waals surface area (Å²) in [5.41, 5.74) is 5.18. The molecule has 122 valence electrons.